The summed E-state index contributed by atoms with van der Waals surface area (Å²) in [5.41, 5.74) is 1.94. The van der Waals surface area contributed by atoms with Crippen LogP contribution in [0.5, 0.6) is 17.2 Å². The number of carbonyl (C=O) groups excluding carboxylic acids is 2. The van der Waals surface area contributed by atoms with Gasteiger partial charge in [-0.25, -0.2) is 0 Å². The van der Waals surface area contributed by atoms with Gasteiger partial charge in [0.25, 0.3) is 0 Å². The normalized spacial score (nSPS) is 13.3. The highest BCUT2D eigenvalue weighted by atomic mass is 16.6. The third-order valence-corrected chi connectivity index (χ3v) is 5.38. The molecule has 2 aromatic rings. The molecule has 1 atom stereocenters. The summed E-state index contributed by atoms with van der Waals surface area (Å²) in [4.78, 5) is 27.3. The highest BCUT2D eigenvalue weighted by molar-refractivity contribution is 5.87. The summed E-state index contributed by atoms with van der Waals surface area (Å²) in [6.45, 7) is 3.34. The van der Waals surface area contributed by atoms with Gasteiger partial charge in [0, 0.05) is 20.0 Å². The Labute approximate surface area is 183 Å². The highest BCUT2D eigenvalue weighted by Crippen LogP contribution is 2.31. The molecule has 0 bridgehead atoms. The molecule has 2 aromatic carbocycles. The fourth-order valence-electron chi connectivity index (χ4n) is 3.65. The van der Waals surface area contributed by atoms with Crippen LogP contribution in [0.4, 0.5) is 0 Å². The summed E-state index contributed by atoms with van der Waals surface area (Å²) in [6, 6.07) is 12.8. The smallest absolute Gasteiger partial charge is 0.242 e. The Morgan fingerprint density at radius 1 is 1.06 bits per heavy atom. The molecule has 2 amide bonds. The maximum Gasteiger partial charge on any atom is 0.242 e. The predicted molar refractivity (Wildman–Crippen MR) is 117 cm³/mol. The van der Waals surface area contributed by atoms with Crippen molar-refractivity contribution in [1.82, 2.24) is 10.2 Å². The lowest BCUT2D eigenvalue weighted by molar-refractivity contribution is -0.141. The maximum atomic E-state index is 13.2. The van der Waals surface area contributed by atoms with Gasteiger partial charge in [0.2, 0.25) is 11.8 Å². The van der Waals surface area contributed by atoms with Crippen molar-refractivity contribution in [2.24, 2.45) is 0 Å². The van der Waals surface area contributed by atoms with E-state index < -0.39 is 6.04 Å². The summed E-state index contributed by atoms with van der Waals surface area (Å²) >= 11 is 0. The largest absolute Gasteiger partial charge is 0.497 e. The maximum absolute atomic E-state index is 13.2. The number of ether oxygens (including phenoxy) is 3. The van der Waals surface area contributed by atoms with Gasteiger partial charge in [-0.1, -0.05) is 25.1 Å². The Morgan fingerprint density at radius 2 is 1.74 bits per heavy atom. The second kappa shape index (κ2) is 10.7. The standard InChI is InChI=1S/C24H30N2O5/c1-4-20(24(28)25-2)26(16-18-5-9-19(29-3)10-6-18)23(27)12-8-17-7-11-21-22(15-17)31-14-13-30-21/h5-7,9-11,15,20H,4,8,12-14,16H2,1-3H3,(H,25,28). The van der Waals surface area contributed by atoms with E-state index in [1.165, 1.54) is 0 Å². The molecule has 0 radical (unpaired) electrons. The van der Waals surface area contributed by atoms with Crippen molar-refractivity contribution in [1.29, 1.82) is 0 Å². The Balaban J connectivity index is 1.73. The number of carbonyl (C=O) groups is 2. The second-order valence-electron chi connectivity index (χ2n) is 7.39. The zero-order valence-electron chi connectivity index (χ0n) is 18.3. The topological polar surface area (TPSA) is 77.1 Å². The van der Waals surface area contributed by atoms with Crippen LogP contribution in [0.1, 0.15) is 30.9 Å². The van der Waals surface area contributed by atoms with Crippen molar-refractivity contribution in [3.8, 4) is 17.2 Å². The van der Waals surface area contributed by atoms with Crippen molar-refractivity contribution in [3.63, 3.8) is 0 Å². The first-order valence-electron chi connectivity index (χ1n) is 10.6. The molecule has 7 nitrogen and oxygen atoms in total. The summed E-state index contributed by atoms with van der Waals surface area (Å²) < 4.78 is 16.4. The quantitative estimate of drug-likeness (QED) is 0.667. The van der Waals surface area contributed by atoms with E-state index in [1.54, 1.807) is 19.1 Å². The third kappa shape index (κ3) is 5.69. The van der Waals surface area contributed by atoms with Crippen molar-refractivity contribution in [3.05, 3.63) is 53.6 Å². The molecule has 1 aliphatic rings. The van der Waals surface area contributed by atoms with Gasteiger partial charge in [-0.2, -0.15) is 0 Å². The number of rotatable bonds is 9. The molecule has 3 rings (SSSR count). The minimum absolute atomic E-state index is 0.0684. The lowest BCUT2D eigenvalue weighted by Gasteiger charge is -2.30. The molecule has 0 saturated heterocycles. The van der Waals surface area contributed by atoms with Gasteiger partial charge in [-0.05, 0) is 48.2 Å². The fraction of sp³-hybridized carbons (Fsp3) is 0.417. The predicted octanol–water partition coefficient (Wildman–Crippen LogP) is 2.95. The molecule has 166 valence electrons. The van der Waals surface area contributed by atoms with Crippen LogP contribution < -0.4 is 19.5 Å². The number of fused-ring (bicyclic) bond motifs is 1. The molecule has 1 unspecified atom stereocenters. The number of benzene rings is 2. The number of hydrogen-bond donors (Lipinski definition) is 1. The summed E-state index contributed by atoms with van der Waals surface area (Å²) in [6.07, 6.45) is 1.38. The Hall–Kier alpha value is -3.22. The Bertz CT molecular complexity index is 897. The molecule has 1 N–H and O–H groups in total. The number of nitrogens with zero attached hydrogens (tertiary/aromatic N) is 1. The number of likely N-dealkylation sites (N-methyl/N-ethyl adjacent to an activating group) is 1. The SMILES string of the molecule is CCC(C(=O)NC)N(Cc1ccc(OC)cc1)C(=O)CCc1ccc2c(c1)OCCO2. The minimum Gasteiger partial charge on any atom is -0.497 e. The molecule has 1 aliphatic heterocycles. The van der Waals surface area contributed by atoms with Crippen LogP contribution in [0.2, 0.25) is 0 Å². The number of hydrogen-bond acceptors (Lipinski definition) is 5. The first-order valence-corrected chi connectivity index (χ1v) is 10.6. The van der Waals surface area contributed by atoms with Crippen LogP contribution in [-0.4, -0.2) is 50.1 Å². The lowest BCUT2D eigenvalue weighted by atomic mass is 10.1. The lowest BCUT2D eigenvalue weighted by Crippen LogP contribution is -2.48. The van der Waals surface area contributed by atoms with Crippen LogP contribution in [0.3, 0.4) is 0 Å². The first-order chi connectivity index (χ1) is 15.0. The van der Waals surface area contributed by atoms with E-state index in [2.05, 4.69) is 5.32 Å². The molecular weight excluding hydrogens is 396 g/mol. The van der Waals surface area contributed by atoms with Crippen LogP contribution >= 0.6 is 0 Å². The van der Waals surface area contributed by atoms with Crippen molar-refractivity contribution in [2.45, 2.75) is 38.8 Å². The summed E-state index contributed by atoms with van der Waals surface area (Å²) in [5, 5.41) is 2.68. The van der Waals surface area contributed by atoms with Crippen LogP contribution in [0.15, 0.2) is 42.5 Å². The average molecular weight is 427 g/mol. The molecular formula is C24H30N2O5. The molecule has 0 aliphatic carbocycles. The zero-order valence-corrected chi connectivity index (χ0v) is 18.3. The van der Waals surface area contributed by atoms with E-state index in [0.717, 1.165) is 22.6 Å². The van der Waals surface area contributed by atoms with Crippen molar-refractivity contribution < 1.29 is 23.8 Å². The zero-order chi connectivity index (χ0) is 22.2. The molecule has 0 aromatic heterocycles. The van der Waals surface area contributed by atoms with Gasteiger partial charge in [0.05, 0.1) is 7.11 Å². The number of aryl methyl sites for hydroxylation is 1. The van der Waals surface area contributed by atoms with Crippen LogP contribution in [-0.2, 0) is 22.6 Å². The van der Waals surface area contributed by atoms with Gasteiger partial charge in [0.1, 0.15) is 25.0 Å². The van der Waals surface area contributed by atoms with E-state index in [4.69, 9.17) is 14.2 Å². The van der Waals surface area contributed by atoms with E-state index in [9.17, 15) is 9.59 Å². The molecule has 0 saturated carbocycles. The molecule has 1 heterocycles. The second-order valence-corrected chi connectivity index (χ2v) is 7.39. The summed E-state index contributed by atoms with van der Waals surface area (Å²) in [7, 11) is 3.21. The van der Waals surface area contributed by atoms with Gasteiger partial charge in [0.15, 0.2) is 11.5 Å². The average Bonchev–Trinajstić information content (AvgIpc) is 2.82. The van der Waals surface area contributed by atoms with Gasteiger partial charge >= 0.3 is 0 Å². The number of amides is 2. The van der Waals surface area contributed by atoms with Crippen LogP contribution in [0.25, 0.3) is 0 Å². The molecule has 7 heteroatoms. The van der Waals surface area contributed by atoms with Gasteiger partial charge in [-0.15, -0.1) is 0 Å². The number of nitrogens with one attached hydrogen (secondary N) is 1. The highest BCUT2D eigenvalue weighted by Gasteiger charge is 2.27. The molecule has 31 heavy (non-hydrogen) atoms. The number of methoxy groups -OCH3 is 1. The molecule has 0 fully saturated rings. The summed E-state index contributed by atoms with van der Waals surface area (Å²) in [5.74, 6) is 1.96. The van der Waals surface area contributed by atoms with Gasteiger partial charge in [-0.3, -0.25) is 9.59 Å². The Morgan fingerprint density at radius 3 is 2.39 bits per heavy atom. The van der Waals surface area contributed by atoms with Crippen molar-refractivity contribution >= 4 is 11.8 Å². The monoisotopic (exact) mass is 426 g/mol. The van der Waals surface area contributed by atoms with E-state index in [1.807, 2.05) is 49.4 Å². The van der Waals surface area contributed by atoms with E-state index in [-0.39, 0.29) is 11.8 Å². The van der Waals surface area contributed by atoms with Gasteiger partial charge < -0.3 is 24.4 Å². The van der Waals surface area contributed by atoms with E-state index >= 15 is 0 Å². The van der Waals surface area contributed by atoms with Crippen molar-refractivity contribution in [2.75, 3.05) is 27.4 Å². The van der Waals surface area contributed by atoms with Crippen LogP contribution in [0, 0.1) is 0 Å². The Kier molecular flexibility index (Phi) is 7.76. The first kappa shape index (κ1) is 22.5. The van der Waals surface area contributed by atoms with E-state index in [0.29, 0.717) is 44.8 Å². The molecule has 0 spiro atoms. The minimum atomic E-state index is -0.528. The fourth-order valence-corrected chi connectivity index (χ4v) is 3.65. The third-order valence-electron chi connectivity index (χ3n) is 5.38.